The number of carbonyl (C=O) groups excluding carboxylic acids is 3. The number of likely N-dealkylation sites (tertiary alicyclic amines) is 2. The molecule has 0 saturated carbocycles. The summed E-state index contributed by atoms with van der Waals surface area (Å²) in [5.41, 5.74) is 1.84. The molecule has 6 rings (SSSR count). The van der Waals surface area contributed by atoms with Crippen molar-refractivity contribution in [3.05, 3.63) is 58.7 Å². The van der Waals surface area contributed by atoms with Crippen molar-refractivity contribution >= 4 is 29.3 Å². The molecule has 4 aliphatic heterocycles. The monoisotopic (exact) mass is 712 g/mol. The normalized spacial score (nSPS) is 20.7. The minimum absolute atomic E-state index is 0.00557. The summed E-state index contributed by atoms with van der Waals surface area (Å²) in [6, 6.07) is 9.23. The van der Waals surface area contributed by atoms with Crippen LogP contribution in [0.15, 0.2) is 36.4 Å². The number of hydrogen-bond donors (Lipinski definition) is 3. The van der Waals surface area contributed by atoms with Crippen molar-refractivity contribution < 1.29 is 27.6 Å². The molecule has 3 saturated heterocycles. The first kappa shape index (κ1) is 36.7. The number of fused-ring (bicyclic) bond motifs is 1. The second-order valence-corrected chi connectivity index (χ2v) is 14.4. The topological polar surface area (TPSA) is 103 Å². The predicted molar refractivity (Wildman–Crippen MR) is 191 cm³/mol. The lowest BCUT2D eigenvalue weighted by Gasteiger charge is -2.42. The fraction of sp³-hybridized carbons (Fsp3) is 0.595. The van der Waals surface area contributed by atoms with Crippen LogP contribution in [0.4, 0.5) is 34.1 Å². The number of aryl methyl sites for hydroxylation is 1. The van der Waals surface area contributed by atoms with E-state index in [1.807, 2.05) is 29.2 Å². The summed E-state index contributed by atoms with van der Waals surface area (Å²) in [7, 11) is 3.57. The van der Waals surface area contributed by atoms with E-state index in [1.54, 1.807) is 22.8 Å². The standard InChI is InChI=1S/C37H51F3N8O3/c1-25-22-26(23-30(33(25)41-2)37(38,39)40)24-32(34(49)46-13-9-28(10-14-46)45-20-18-44(3)19-21-45)43-35(50)47-15-11-29(12-16-47)48-17-8-27-6-4-5-7-31(27)42-36(48)51/h4-7,22-23,28-29,32,41H,8-21,24H2,1-3H3,(H,42,51)(H,43,50)/t32-/m1/s1. The van der Waals surface area contributed by atoms with E-state index in [1.165, 1.54) is 7.05 Å². The number of benzene rings is 2. The molecule has 4 heterocycles. The summed E-state index contributed by atoms with van der Waals surface area (Å²) < 4.78 is 42.3. The molecule has 0 aliphatic carbocycles. The van der Waals surface area contributed by atoms with Gasteiger partial charge in [-0.15, -0.1) is 0 Å². The Morgan fingerprint density at radius 2 is 1.55 bits per heavy atom. The lowest BCUT2D eigenvalue weighted by Crippen LogP contribution is -2.58. The first-order valence-corrected chi connectivity index (χ1v) is 18.2. The Bertz CT molecular complexity index is 1560. The third kappa shape index (κ3) is 8.54. The first-order chi connectivity index (χ1) is 24.4. The molecule has 5 amide bonds. The van der Waals surface area contributed by atoms with Crippen LogP contribution in [0.25, 0.3) is 0 Å². The summed E-state index contributed by atoms with van der Waals surface area (Å²) in [6.45, 7) is 8.02. The molecule has 278 valence electrons. The summed E-state index contributed by atoms with van der Waals surface area (Å²) in [5.74, 6) is -0.278. The number of rotatable bonds is 7. The van der Waals surface area contributed by atoms with E-state index < -0.39 is 23.8 Å². The Labute approximate surface area is 298 Å². The summed E-state index contributed by atoms with van der Waals surface area (Å²) in [6.07, 6.45) is -1.15. The van der Waals surface area contributed by atoms with Crippen LogP contribution in [0.2, 0.25) is 0 Å². The Kier molecular flexibility index (Phi) is 11.3. The smallest absolute Gasteiger partial charge is 0.387 e. The first-order valence-electron chi connectivity index (χ1n) is 18.2. The largest absolute Gasteiger partial charge is 0.418 e. The molecular formula is C37H51F3N8O3. The quantitative estimate of drug-likeness (QED) is 0.392. The number of nitrogens with zero attached hydrogens (tertiary/aromatic N) is 5. The highest BCUT2D eigenvalue weighted by Gasteiger charge is 2.37. The maximum atomic E-state index is 14.1. The van der Waals surface area contributed by atoms with Gasteiger partial charge in [0.05, 0.1) is 5.56 Å². The average molecular weight is 713 g/mol. The Hall–Kier alpha value is -4.04. The summed E-state index contributed by atoms with van der Waals surface area (Å²) in [5, 5.41) is 8.62. The maximum absolute atomic E-state index is 14.1. The van der Waals surface area contributed by atoms with Gasteiger partial charge >= 0.3 is 18.2 Å². The van der Waals surface area contributed by atoms with Gasteiger partial charge in [-0.1, -0.05) is 24.3 Å². The van der Waals surface area contributed by atoms with Crippen LogP contribution in [-0.4, -0.2) is 134 Å². The van der Waals surface area contributed by atoms with Gasteiger partial charge in [-0.25, -0.2) is 9.59 Å². The van der Waals surface area contributed by atoms with Gasteiger partial charge in [0.2, 0.25) is 5.91 Å². The number of likely N-dealkylation sites (N-methyl/N-ethyl adjacent to an activating group) is 1. The lowest BCUT2D eigenvalue weighted by atomic mass is 9.96. The molecule has 1 atom stereocenters. The number of halogens is 3. The van der Waals surface area contributed by atoms with Crippen LogP contribution in [0, 0.1) is 6.92 Å². The zero-order valence-corrected chi connectivity index (χ0v) is 29.9. The molecule has 0 unspecified atom stereocenters. The number of alkyl halides is 3. The van der Waals surface area contributed by atoms with Crippen molar-refractivity contribution in [1.82, 2.24) is 29.8 Å². The van der Waals surface area contributed by atoms with Gasteiger partial charge in [-0.05, 0) is 74.9 Å². The molecule has 0 spiro atoms. The SMILES string of the molecule is CNc1c(C)cc(C[C@@H](NC(=O)N2CCC(N3CCc4ccccc4NC3=O)CC2)C(=O)N2CCC(N3CCN(C)CC3)CC2)cc1C(F)(F)F. The highest BCUT2D eigenvalue weighted by atomic mass is 19.4. The molecular weight excluding hydrogens is 661 g/mol. The van der Waals surface area contributed by atoms with Gasteiger partial charge in [0.15, 0.2) is 0 Å². The Balaban J connectivity index is 1.13. The van der Waals surface area contributed by atoms with Gasteiger partial charge in [0.25, 0.3) is 0 Å². The number of amides is 5. The van der Waals surface area contributed by atoms with Crippen LogP contribution >= 0.6 is 0 Å². The molecule has 51 heavy (non-hydrogen) atoms. The molecule has 14 heteroatoms. The number of piperidine rings is 2. The second-order valence-electron chi connectivity index (χ2n) is 14.4. The van der Waals surface area contributed by atoms with E-state index in [0.29, 0.717) is 62.7 Å². The van der Waals surface area contributed by atoms with E-state index in [-0.39, 0.29) is 30.1 Å². The molecule has 3 N–H and O–H groups in total. The van der Waals surface area contributed by atoms with Crippen molar-refractivity contribution in [3.63, 3.8) is 0 Å². The third-order valence-corrected chi connectivity index (χ3v) is 11.2. The van der Waals surface area contributed by atoms with Gasteiger partial charge in [-0.2, -0.15) is 13.2 Å². The summed E-state index contributed by atoms with van der Waals surface area (Å²) in [4.78, 5) is 51.1. The van der Waals surface area contributed by atoms with Crippen LogP contribution in [-0.2, 0) is 23.8 Å². The summed E-state index contributed by atoms with van der Waals surface area (Å²) >= 11 is 0. The van der Waals surface area contributed by atoms with Gasteiger partial charge in [-0.3, -0.25) is 9.69 Å². The number of anilines is 2. The van der Waals surface area contributed by atoms with Crippen molar-refractivity contribution in [1.29, 1.82) is 0 Å². The van der Waals surface area contributed by atoms with Gasteiger partial charge < -0.3 is 35.6 Å². The average Bonchev–Trinajstić information content (AvgIpc) is 3.29. The third-order valence-electron chi connectivity index (χ3n) is 11.2. The van der Waals surface area contributed by atoms with E-state index in [9.17, 15) is 27.6 Å². The van der Waals surface area contributed by atoms with Crippen molar-refractivity contribution in [2.75, 3.05) is 83.6 Å². The van der Waals surface area contributed by atoms with Gasteiger partial charge in [0.1, 0.15) is 6.04 Å². The lowest BCUT2D eigenvalue weighted by molar-refractivity contribution is -0.137. The molecule has 2 aromatic carbocycles. The van der Waals surface area contributed by atoms with Crippen LogP contribution in [0.5, 0.6) is 0 Å². The molecule has 0 bridgehead atoms. The molecule has 11 nitrogen and oxygen atoms in total. The molecule has 0 aromatic heterocycles. The van der Waals surface area contributed by atoms with E-state index in [2.05, 4.69) is 32.8 Å². The van der Waals surface area contributed by atoms with Crippen LogP contribution < -0.4 is 16.0 Å². The minimum Gasteiger partial charge on any atom is -0.387 e. The Morgan fingerprint density at radius 1 is 0.902 bits per heavy atom. The molecule has 2 aromatic rings. The number of nitrogens with one attached hydrogen (secondary N) is 3. The van der Waals surface area contributed by atoms with Crippen molar-refractivity contribution in [2.24, 2.45) is 0 Å². The highest BCUT2D eigenvalue weighted by Crippen LogP contribution is 2.37. The maximum Gasteiger partial charge on any atom is 0.418 e. The fourth-order valence-corrected chi connectivity index (χ4v) is 8.19. The van der Waals surface area contributed by atoms with Crippen molar-refractivity contribution in [3.8, 4) is 0 Å². The highest BCUT2D eigenvalue weighted by molar-refractivity contribution is 5.91. The van der Waals surface area contributed by atoms with Gasteiger partial charge in [0, 0.05) is 95.8 Å². The minimum atomic E-state index is -4.59. The van der Waals surface area contributed by atoms with E-state index >= 15 is 0 Å². The zero-order chi connectivity index (χ0) is 36.3. The molecule has 0 radical (unpaired) electrons. The Morgan fingerprint density at radius 3 is 2.22 bits per heavy atom. The number of hydrogen-bond acceptors (Lipinski definition) is 6. The molecule has 3 fully saturated rings. The number of urea groups is 2. The second kappa shape index (κ2) is 15.7. The van der Waals surface area contributed by atoms with Crippen molar-refractivity contribution in [2.45, 2.75) is 69.8 Å². The van der Waals surface area contributed by atoms with E-state index in [4.69, 9.17) is 0 Å². The predicted octanol–water partition coefficient (Wildman–Crippen LogP) is 4.47. The number of piperazine rings is 1. The number of para-hydroxylation sites is 1. The number of carbonyl (C=O) groups is 3. The zero-order valence-electron chi connectivity index (χ0n) is 29.9. The van der Waals surface area contributed by atoms with Crippen LogP contribution in [0.1, 0.15) is 47.9 Å². The van der Waals surface area contributed by atoms with Crippen LogP contribution in [0.3, 0.4) is 0 Å². The molecule has 4 aliphatic rings. The van der Waals surface area contributed by atoms with E-state index in [0.717, 1.165) is 62.8 Å². The fourth-order valence-electron chi connectivity index (χ4n) is 8.19.